The molecule has 0 bridgehead atoms. The van der Waals surface area contributed by atoms with E-state index in [4.69, 9.17) is 4.74 Å². The summed E-state index contributed by atoms with van der Waals surface area (Å²) in [7, 11) is 1.40. The van der Waals surface area contributed by atoms with Crippen LogP contribution in [0.5, 0.6) is 0 Å². The van der Waals surface area contributed by atoms with Crippen molar-refractivity contribution in [1.29, 1.82) is 0 Å². The van der Waals surface area contributed by atoms with Gasteiger partial charge in [0.1, 0.15) is 5.69 Å². The lowest BCUT2D eigenvalue weighted by Gasteiger charge is -2.17. The molecule has 1 aromatic heterocycles. The number of aliphatic hydroxyl groups is 1. The molecule has 1 N–H and O–H groups in total. The number of aryl methyl sites for hydroxylation is 2. The van der Waals surface area contributed by atoms with Gasteiger partial charge in [0, 0.05) is 18.5 Å². The molecule has 4 nitrogen and oxygen atoms in total. The number of rotatable bonds is 3. The van der Waals surface area contributed by atoms with Crippen LogP contribution in [0.15, 0.2) is 18.2 Å². The van der Waals surface area contributed by atoms with Gasteiger partial charge in [0.25, 0.3) is 0 Å². The Kier molecular flexibility index (Phi) is 3.03. The molecule has 2 heterocycles. The van der Waals surface area contributed by atoms with Crippen LogP contribution in [0.1, 0.15) is 28.0 Å². The maximum atomic E-state index is 12.1. The number of ether oxygens (including phenoxy) is 1. The predicted molar refractivity (Wildman–Crippen MR) is 72.4 cm³/mol. The van der Waals surface area contributed by atoms with Crippen LogP contribution in [-0.4, -0.2) is 29.4 Å². The number of nitrogens with zero attached hydrogens (tertiary/aromatic N) is 1. The molecule has 0 amide bonds. The second kappa shape index (κ2) is 4.70. The predicted octanol–water partition coefficient (Wildman–Crippen LogP) is 1.91. The van der Waals surface area contributed by atoms with Gasteiger partial charge in [-0.25, -0.2) is 4.79 Å². The van der Waals surface area contributed by atoms with Gasteiger partial charge in [0.15, 0.2) is 0 Å². The molecule has 4 heteroatoms. The summed E-state index contributed by atoms with van der Waals surface area (Å²) in [4.78, 5) is 12.1. The number of hydrogen-bond donors (Lipinski definition) is 1. The summed E-state index contributed by atoms with van der Waals surface area (Å²) >= 11 is 0. The van der Waals surface area contributed by atoms with E-state index in [0.29, 0.717) is 12.1 Å². The minimum atomic E-state index is -0.313. The highest BCUT2D eigenvalue weighted by Gasteiger charge is 2.25. The number of carbonyl (C=O) groups excluding carboxylic acids is 1. The molecule has 2 aromatic rings. The van der Waals surface area contributed by atoms with E-state index < -0.39 is 0 Å². The molecule has 3 rings (SSSR count). The van der Waals surface area contributed by atoms with Crippen LogP contribution in [0.4, 0.5) is 0 Å². The van der Waals surface area contributed by atoms with Crippen molar-refractivity contribution in [3.63, 3.8) is 0 Å². The summed E-state index contributed by atoms with van der Waals surface area (Å²) in [6, 6.07) is 6.16. The van der Waals surface area contributed by atoms with E-state index in [1.165, 1.54) is 12.7 Å². The maximum absolute atomic E-state index is 12.1. The fourth-order valence-electron chi connectivity index (χ4n) is 3.10. The number of para-hydroxylation sites is 1. The van der Waals surface area contributed by atoms with E-state index >= 15 is 0 Å². The van der Waals surface area contributed by atoms with E-state index in [2.05, 4.69) is 10.6 Å². The molecule has 0 aliphatic carbocycles. The zero-order chi connectivity index (χ0) is 13.4. The molecule has 0 fully saturated rings. The Hall–Kier alpha value is -1.81. The van der Waals surface area contributed by atoms with Crippen LogP contribution in [0.3, 0.4) is 0 Å². The third-order valence-electron chi connectivity index (χ3n) is 3.84. The van der Waals surface area contributed by atoms with Crippen molar-refractivity contribution in [3.8, 4) is 0 Å². The third kappa shape index (κ3) is 1.75. The molecular formula is C15H17NO3. The first-order valence-corrected chi connectivity index (χ1v) is 6.60. The zero-order valence-corrected chi connectivity index (χ0v) is 11.0. The van der Waals surface area contributed by atoms with E-state index in [-0.39, 0.29) is 12.6 Å². The lowest BCUT2D eigenvalue weighted by molar-refractivity contribution is 0.0587. The summed E-state index contributed by atoms with van der Waals surface area (Å²) in [5, 5.41) is 10.3. The van der Waals surface area contributed by atoms with Crippen LogP contribution in [-0.2, 0) is 24.1 Å². The smallest absolute Gasteiger partial charge is 0.354 e. The number of aliphatic hydroxyl groups excluding tert-OH is 1. The number of aromatic nitrogens is 1. The van der Waals surface area contributed by atoms with Crippen LogP contribution in [0.2, 0.25) is 0 Å². The summed E-state index contributed by atoms with van der Waals surface area (Å²) in [6.45, 7) is 0.872. The Morgan fingerprint density at radius 2 is 2.32 bits per heavy atom. The van der Waals surface area contributed by atoms with Gasteiger partial charge in [-0.05, 0) is 30.4 Å². The molecule has 1 aliphatic rings. The molecule has 0 unspecified atom stereocenters. The Morgan fingerprint density at radius 1 is 1.47 bits per heavy atom. The number of carbonyl (C=O) groups is 1. The molecule has 0 atom stereocenters. The number of hydrogen-bond acceptors (Lipinski definition) is 3. The van der Waals surface area contributed by atoms with Gasteiger partial charge in [0.2, 0.25) is 0 Å². The van der Waals surface area contributed by atoms with Crippen molar-refractivity contribution in [2.24, 2.45) is 0 Å². The fourth-order valence-corrected chi connectivity index (χ4v) is 3.10. The zero-order valence-electron chi connectivity index (χ0n) is 11.0. The topological polar surface area (TPSA) is 51.5 Å². The van der Waals surface area contributed by atoms with Gasteiger partial charge in [-0.1, -0.05) is 18.2 Å². The van der Waals surface area contributed by atoms with Crippen molar-refractivity contribution < 1.29 is 14.6 Å². The van der Waals surface area contributed by atoms with E-state index in [1.54, 1.807) is 0 Å². The minimum Gasteiger partial charge on any atom is -0.464 e. The van der Waals surface area contributed by atoms with Crippen molar-refractivity contribution in [3.05, 3.63) is 35.0 Å². The Balaban J connectivity index is 2.36. The van der Waals surface area contributed by atoms with Crippen molar-refractivity contribution in [2.45, 2.75) is 25.8 Å². The third-order valence-corrected chi connectivity index (χ3v) is 3.84. The van der Waals surface area contributed by atoms with Crippen LogP contribution in [0, 0.1) is 0 Å². The highest BCUT2D eigenvalue weighted by molar-refractivity contribution is 6.00. The molecule has 19 heavy (non-hydrogen) atoms. The SMILES string of the molecule is COC(=O)c1c(CCO)c2cccc3c2n1CCC3. The normalized spacial score (nSPS) is 13.8. The molecule has 1 aromatic carbocycles. The van der Waals surface area contributed by atoms with Gasteiger partial charge in [-0.2, -0.15) is 0 Å². The number of benzene rings is 1. The van der Waals surface area contributed by atoms with Gasteiger partial charge >= 0.3 is 5.97 Å². The molecular weight excluding hydrogens is 242 g/mol. The van der Waals surface area contributed by atoms with Gasteiger partial charge < -0.3 is 14.4 Å². The number of methoxy groups -OCH3 is 1. The molecule has 0 spiro atoms. The molecule has 0 saturated heterocycles. The summed E-state index contributed by atoms with van der Waals surface area (Å²) in [5.74, 6) is -0.313. The van der Waals surface area contributed by atoms with Gasteiger partial charge in [0.05, 0.1) is 12.6 Å². The highest BCUT2D eigenvalue weighted by atomic mass is 16.5. The largest absolute Gasteiger partial charge is 0.464 e. The first-order chi connectivity index (χ1) is 9.27. The molecule has 1 aliphatic heterocycles. The van der Waals surface area contributed by atoms with Crippen molar-refractivity contribution >= 4 is 16.9 Å². The quantitative estimate of drug-likeness (QED) is 0.857. The van der Waals surface area contributed by atoms with Crippen LogP contribution < -0.4 is 0 Å². The van der Waals surface area contributed by atoms with Crippen LogP contribution >= 0.6 is 0 Å². The summed E-state index contributed by atoms with van der Waals surface area (Å²) in [6.07, 6.45) is 2.56. The van der Waals surface area contributed by atoms with Crippen LogP contribution in [0.25, 0.3) is 10.9 Å². The first-order valence-electron chi connectivity index (χ1n) is 6.60. The fraction of sp³-hybridized carbons (Fsp3) is 0.400. The van der Waals surface area contributed by atoms with E-state index in [1.807, 2.05) is 12.1 Å². The summed E-state index contributed by atoms with van der Waals surface area (Å²) < 4.78 is 6.98. The second-order valence-corrected chi connectivity index (χ2v) is 4.86. The Labute approximate surface area is 111 Å². The van der Waals surface area contributed by atoms with Gasteiger partial charge in [-0.3, -0.25) is 0 Å². The molecule has 100 valence electrons. The standard InChI is InChI=1S/C15H17NO3/c1-19-15(18)14-12(7-9-17)11-6-2-4-10-5-3-8-16(14)13(10)11/h2,4,6,17H,3,5,7-9H2,1H3. The average Bonchev–Trinajstić information content (AvgIpc) is 2.76. The van der Waals surface area contributed by atoms with Crippen molar-refractivity contribution in [1.82, 2.24) is 4.57 Å². The number of esters is 1. The lowest BCUT2D eigenvalue weighted by Crippen LogP contribution is -2.16. The molecule has 0 saturated carbocycles. The van der Waals surface area contributed by atoms with Gasteiger partial charge in [-0.15, -0.1) is 0 Å². The lowest BCUT2D eigenvalue weighted by atomic mass is 10.0. The van der Waals surface area contributed by atoms with Crippen molar-refractivity contribution in [2.75, 3.05) is 13.7 Å². The van der Waals surface area contributed by atoms with E-state index in [0.717, 1.165) is 35.9 Å². The Bertz CT molecular complexity index is 642. The maximum Gasteiger partial charge on any atom is 0.354 e. The monoisotopic (exact) mass is 259 g/mol. The Morgan fingerprint density at radius 3 is 3.05 bits per heavy atom. The van der Waals surface area contributed by atoms with E-state index in [9.17, 15) is 9.90 Å². The average molecular weight is 259 g/mol. The summed E-state index contributed by atoms with van der Waals surface area (Å²) in [5.41, 5.74) is 3.93. The first kappa shape index (κ1) is 12.2. The minimum absolute atomic E-state index is 0.0351. The highest BCUT2D eigenvalue weighted by Crippen LogP contribution is 2.33. The molecule has 0 radical (unpaired) electrons. The second-order valence-electron chi connectivity index (χ2n) is 4.86.